The lowest BCUT2D eigenvalue weighted by Crippen LogP contribution is -1.99. The van der Waals surface area contributed by atoms with Crippen LogP contribution in [0.25, 0.3) is 21.9 Å². The molecule has 2 aromatic heterocycles. The smallest absolute Gasteiger partial charge is 0.165 e. The van der Waals surface area contributed by atoms with Crippen LogP contribution in [-0.4, -0.2) is 15.0 Å². The molecule has 0 atom stereocenters. The molecule has 0 saturated heterocycles. The zero-order valence-corrected chi connectivity index (χ0v) is 11.3. The van der Waals surface area contributed by atoms with Crippen LogP contribution >= 0.6 is 0 Å². The van der Waals surface area contributed by atoms with Gasteiger partial charge in [-0.1, -0.05) is 19.9 Å². The van der Waals surface area contributed by atoms with Crippen LogP contribution in [0.1, 0.15) is 31.2 Å². The molecule has 0 amide bonds. The van der Waals surface area contributed by atoms with E-state index in [-0.39, 0.29) is 0 Å². The molecule has 0 aliphatic heterocycles. The van der Waals surface area contributed by atoms with Crippen LogP contribution < -0.4 is 5.73 Å². The van der Waals surface area contributed by atoms with E-state index in [1.807, 2.05) is 19.1 Å². The summed E-state index contributed by atoms with van der Waals surface area (Å²) in [5.74, 6) is 1.63. The van der Waals surface area contributed by atoms with E-state index >= 15 is 0 Å². The Bertz CT molecular complexity index is 778. The highest BCUT2D eigenvalue weighted by atomic mass is 15.0. The normalized spacial score (nSPS) is 11.6. The summed E-state index contributed by atoms with van der Waals surface area (Å²) in [6, 6.07) is 8.34. The SMILES string of the molecule is Cc1nc(N)c2cc3cc(C(C)C)ccc3nc2n1. The first-order chi connectivity index (χ1) is 9.04. The van der Waals surface area contributed by atoms with Crippen LogP contribution in [0, 0.1) is 6.92 Å². The molecule has 2 N–H and O–H groups in total. The Kier molecular flexibility index (Phi) is 2.59. The molecule has 4 nitrogen and oxygen atoms in total. The molecule has 0 radical (unpaired) electrons. The predicted octanol–water partition coefficient (Wildman–Crippen LogP) is 3.19. The number of nitrogens with two attached hydrogens (primary N) is 1. The Morgan fingerprint density at radius 1 is 1.05 bits per heavy atom. The average Bonchev–Trinajstić information content (AvgIpc) is 2.36. The third kappa shape index (κ3) is 1.99. The fraction of sp³-hybridized carbons (Fsp3) is 0.267. The second-order valence-electron chi connectivity index (χ2n) is 5.12. The van der Waals surface area contributed by atoms with Gasteiger partial charge in [0.05, 0.1) is 10.9 Å². The van der Waals surface area contributed by atoms with E-state index in [0.717, 1.165) is 16.3 Å². The number of benzene rings is 1. The van der Waals surface area contributed by atoms with Gasteiger partial charge in [0.2, 0.25) is 0 Å². The van der Waals surface area contributed by atoms with Gasteiger partial charge in [0, 0.05) is 5.39 Å². The van der Waals surface area contributed by atoms with E-state index in [0.29, 0.717) is 23.2 Å². The average molecular weight is 252 g/mol. The van der Waals surface area contributed by atoms with Crippen molar-refractivity contribution in [2.45, 2.75) is 26.7 Å². The highest BCUT2D eigenvalue weighted by molar-refractivity contribution is 5.95. The number of hydrogen-bond acceptors (Lipinski definition) is 4. The molecule has 0 saturated carbocycles. The second kappa shape index (κ2) is 4.16. The summed E-state index contributed by atoms with van der Waals surface area (Å²) in [6.45, 7) is 6.18. The van der Waals surface area contributed by atoms with Gasteiger partial charge in [0.25, 0.3) is 0 Å². The summed E-state index contributed by atoms with van der Waals surface area (Å²) in [4.78, 5) is 13.1. The number of anilines is 1. The summed E-state index contributed by atoms with van der Waals surface area (Å²) in [6.07, 6.45) is 0. The van der Waals surface area contributed by atoms with Crippen molar-refractivity contribution < 1.29 is 0 Å². The van der Waals surface area contributed by atoms with Crippen LogP contribution in [0.15, 0.2) is 24.3 Å². The molecule has 1 aromatic carbocycles. The number of nitrogen functional groups attached to an aromatic ring is 1. The Morgan fingerprint density at radius 2 is 1.84 bits per heavy atom. The molecule has 19 heavy (non-hydrogen) atoms. The van der Waals surface area contributed by atoms with Crippen molar-refractivity contribution in [2.24, 2.45) is 0 Å². The van der Waals surface area contributed by atoms with E-state index < -0.39 is 0 Å². The van der Waals surface area contributed by atoms with Crippen LogP contribution in [-0.2, 0) is 0 Å². The fourth-order valence-corrected chi connectivity index (χ4v) is 2.23. The fourth-order valence-electron chi connectivity index (χ4n) is 2.23. The lowest BCUT2D eigenvalue weighted by atomic mass is 10.0. The number of hydrogen-bond donors (Lipinski definition) is 1. The highest BCUT2D eigenvalue weighted by Crippen LogP contribution is 2.25. The molecule has 3 aromatic rings. The molecule has 3 rings (SSSR count). The zero-order chi connectivity index (χ0) is 13.6. The summed E-state index contributed by atoms with van der Waals surface area (Å²) < 4.78 is 0. The quantitative estimate of drug-likeness (QED) is 0.675. The molecule has 0 aliphatic rings. The van der Waals surface area contributed by atoms with Gasteiger partial charge in [-0.15, -0.1) is 0 Å². The highest BCUT2D eigenvalue weighted by Gasteiger charge is 2.08. The van der Waals surface area contributed by atoms with Gasteiger partial charge in [0.15, 0.2) is 5.65 Å². The Morgan fingerprint density at radius 3 is 2.58 bits per heavy atom. The first-order valence-corrected chi connectivity index (χ1v) is 6.39. The van der Waals surface area contributed by atoms with Crippen LogP contribution in [0.4, 0.5) is 5.82 Å². The maximum atomic E-state index is 5.95. The number of rotatable bonds is 1. The van der Waals surface area contributed by atoms with Gasteiger partial charge in [-0.2, -0.15) is 0 Å². The third-order valence-corrected chi connectivity index (χ3v) is 3.31. The van der Waals surface area contributed by atoms with E-state index in [1.165, 1.54) is 5.56 Å². The van der Waals surface area contributed by atoms with Gasteiger partial charge in [0.1, 0.15) is 11.6 Å². The largest absolute Gasteiger partial charge is 0.383 e. The Hall–Kier alpha value is -2.23. The van der Waals surface area contributed by atoms with Gasteiger partial charge in [-0.25, -0.2) is 15.0 Å². The first-order valence-electron chi connectivity index (χ1n) is 6.39. The number of aryl methyl sites for hydroxylation is 1. The van der Waals surface area contributed by atoms with E-state index in [4.69, 9.17) is 5.73 Å². The minimum Gasteiger partial charge on any atom is -0.383 e. The first kappa shape index (κ1) is 11.8. The Balaban J connectivity index is 2.35. The van der Waals surface area contributed by atoms with Gasteiger partial charge >= 0.3 is 0 Å². The minimum absolute atomic E-state index is 0.492. The van der Waals surface area contributed by atoms with Crippen molar-refractivity contribution in [3.8, 4) is 0 Å². The van der Waals surface area contributed by atoms with Crippen molar-refractivity contribution in [2.75, 3.05) is 5.73 Å². The zero-order valence-electron chi connectivity index (χ0n) is 11.3. The monoisotopic (exact) mass is 252 g/mol. The number of nitrogens with zero attached hydrogens (tertiary/aromatic N) is 3. The topological polar surface area (TPSA) is 64.7 Å². The summed E-state index contributed by atoms with van der Waals surface area (Å²) in [5.41, 5.74) is 8.85. The molecule has 0 aliphatic carbocycles. The van der Waals surface area contributed by atoms with Crippen LogP contribution in [0.3, 0.4) is 0 Å². The van der Waals surface area contributed by atoms with E-state index in [9.17, 15) is 0 Å². The van der Waals surface area contributed by atoms with Crippen LogP contribution in [0.5, 0.6) is 0 Å². The van der Waals surface area contributed by atoms with E-state index in [1.54, 1.807) is 0 Å². The van der Waals surface area contributed by atoms with Gasteiger partial charge < -0.3 is 5.73 Å². The third-order valence-electron chi connectivity index (χ3n) is 3.31. The standard InChI is InChI=1S/C15H16N4/c1-8(2)10-4-5-13-11(6-10)7-12-14(16)17-9(3)18-15(12)19-13/h4-8H,1-3H3,(H2,16,17,18,19). The van der Waals surface area contributed by atoms with Crippen molar-refractivity contribution in [3.63, 3.8) is 0 Å². The maximum Gasteiger partial charge on any atom is 0.165 e. The van der Waals surface area contributed by atoms with Crippen LogP contribution in [0.2, 0.25) is 0 Å². The lowest BCUT2D eigenvalue weighted by Gasteiger charge is -2.08. The van der Waals surface area contributed by atoms with Crippen molar-refractivity contribution in [1.29, 1.82) is 0 Å². The molecule has 0 spiro atoms. The van der Waals surface area contributed by atoms with E-state index in [2.05, 4.69) is 40.9 Å². The van der Waals surface area contributed by atoms with Crippen molar-refractivity contribution in [1.82, 2.24) is 15.0 Å². The molecule has 0 bridgehead atoms. The molecule has 2 heterocycles. The number of aromatic nitrogens is 3. The maximum absolute atomic E-state index is 5.95. The molecular formula is C15H16N4. The predicted molar refractivity (Wildman–Crippen MR) is 78.1 cm³/mol. The van der Waals surface area contributed by atoms with Crippen molar-refractivity contribution >= 4 is 27.8 Å². The number of fused-ring (bicyclic) bond motifs is 2. The molecular weight excluding hydrogens is 236 g/mol. The molecule has 4 heteroatoms. The van der Waals surface area contributed by atoms with Gasteiger partial charge in [-0.05, 0) is 36.6 Å². The second-order valence-corrected chi connectivity index (χ2v) is 5.12. The van der Waals surface area contributed by atoms with Gasteiger partial charge in [-0.3, -0.25) is 0 Å². The lowest BCUT2D eigenvalue weighted by molar-refractivity contribution is 0.868. The Labute approximate surface area is 111 Å². The molecule has 96 valence electrons. The summed E-state index contributed by atoms with van der Waals surface area (Å²) in [7, 11) is 0. The van der Waals surface area contributed by atoms with Crippen molar-refractivity contribution in [3.05, 3.63) is 35.7 Å². The molecule has 0 unspecified atom stereocenters. The summed E-state index contributed by atoms with van der Waals surface area (Å²) in [5, 5.41) is 1.90. The number of pyridine rings is 1. The molecule has 0 fully saturated rings. The minimum atomic E-state index is 0.492. The summed E-state index contributed by atoms with van der Waals surface area (Å²) >= 11 is 0.